The van der Waals surface area contributed by atoms with Gasteiger partial charge in [-0.1, -0.05) is 37.3 Å². The first-order chi connectivity index (χ1) is 11.7. The van der Waals surface area contributed by atoms with Gasteiger partial charge in [0.2, 0.25) is 5.91 Å². The zero-order valence-corrected chi connectivity index (χ0v) is 13.9. The lowest BCUT2D eigenvalue weighted by molar-refractivity contribution is -0.133. The molecule has 5 heteroatoms. The fourth-order valence-electron chi connectivity index (χ4n) is 3.31. The van der Waals surface area contributed by atoms with E-state index in [2.05, 4.69) is 16.8 Å². The van der Waals surface area contributed by atoms with Crippen LogP contribution in [0.4, 0.5) is 5.82 Å². The van der Waals surface area contributed by atoms with E-state index in [1.807, 2.05) is 47.5 Å². The Kier molecular flexibility index (Phi) is 3.92. The Labute approximate surface area is 142 Å². The molecule has 0 radical (unpaired) electrons. The summed E-state index contributed by atoms with van der Waals surface area (Å²) in [4.78, 5) is 25.7. The third-order valence-electron chi connectivity index (χ3n) is 5.01. The molecule has 1 saturated heterocycles. The average molecular weight is 322 g/mol. The summed E-state index contributed by atoms with van der Waals surface area (Å²) in [7, 11) is 0. The lowest BCUT2D eigenvalue weighted by Gasteiger charge is -2.35. The Morgan fingerprint density at radius 2 is 1.79 bits per heavy atom. The molecule has 0 spiro atoms. The minimum Gasteiger partial charge on any atom is -0.353 e. The van der Waals surface area contributed by atoms with Gasteiger partial charge in [-0.15, -0.1) is 0 Å². The molecule has 1 aromatic carbocycles. The maximum Gasteiger partial charge on any atom is 0.226 e. The minimum atomic E-state index is 0.278. The van der Waals surface area contributed by atoms with Crippen LogP contribution in [0.1, 0.15) is 13.3 Å². The zero-order chi connectivity index (χ0) is 16.5. The van der Waals surface area contributed by atoms with Crippen LogP contribution in [0.2, 0.25) is 0 Å². The SMILES string of the molecule is C[C@@H]1C[C@H]1C(=O)N1CCN(c2ccnc(-c3ccccc3)n2)CC1. The summed E-state index contributed by atoms with van der Waals surface area (Å²) in [6.07, 6.45) is 2.87. The van der Waals surface area contributed by atoms with E-state index in [1.165, 1.54) is 0 Å². The second kappa shape index (κ2) is 6.23. The molecule has 1 saturated carbocycles. The molecule has 4 rings (SSSR count). The number of carbonyl (C=O) groups is 1. The predicted molar refractivity (Wildman–Crippen MR) is 93.5 cm³/mol. The molecule has 0 bridgehead atoms. The standard InChI is InChI=1S/C19H22N4O/c1-14-13-16(14)19(24)23-11-9-22(10-12-23)17-7-8-20-18(21-17)15-5-3-2-4-6-15/h2-8,14,16H,9-13H2,1H3/t14-,16-/m1/s1. The lowest BCUT2D eigenvalue weighted by Crippen LogP contribution is -2.49. The first-order valence-electron chi connectivity index (χ1n) is 8.64. The van der Waals surface area contributed by atoms with Gasteiger partial charge < -0.3 is 9.80 Å². The van der Waals surface area contributed by atoms with Crippen LogP contribution in [0, 0.1) is 11.8 Å². The van der Waals surface area contributed by atoms with E-state index in [-0.39, 0.29) is 5.92 Å². The van der Waals surface area contributed by atoms with Gasteiger partial charge in [-0.05, 0) is 18.4 Å². The first kappa shape index (κ1) is 15.1. The van der Waals surface area contributed by atoms with Crippen LogP contribution in [0.3, 0.4) is 0 Å². The first-order valence-corrected chi connectivity index (χ1v) is 8.64. The van der Waals surface area contributed by atoms with Crippen LogP contribution < -0.4 is 4.90 Å². The topological polar surface area (TPSA) is 49.3 Å². The number of benzene rings is 1. The number of amides is 1. The number of piperazine rings is 1. The summed E-state index contributed by atoms with van der Waals surface area (Å²) in [6.45, 7) is 5.39. The second-order valence-corrected chi connectivity index (χ2v) is 6.74. The van der Waals surface area contributed by atoms with Gasteiger partial charge in [0, 0.05) is 43.9 Å². The predicted octanol–water partition coefficient (Wildman–Crippen LogP) is 2.45. The molecule has 0 unspecified atom stereocenters. The lowest BCUT2D eigenvalue weighted by atomic mass is 10.2. The highest BCUT2D eigenvalue weighted by Crippen LogP contribution is 2.39. The van der Waals surface area contributed by atoms with Crippen molar-refractivity contribution in [1.29, 1.82) is 0 Å². The van der Waals surface area contributed by atoms with Crippen LogP contribution in [-0.2, 0) is 4.79 Å². The molecule has 0 N–H and O–H groups in total. The number of nitrogens with zero attached hydrogens (tertiary/aromatic N) is 4. The van der Waals surface area contributed by atoms with Gasteiger partial charge in [0.05, 0.1) is 0 Å². The normalized spacial score (nSPS) is 23.2. The van der Waals surface area contributed by atoms with E-state index in [1.54, 1.807) is 0 Å². The molecule has 2 fully saturated rings. The Balaban J connectivity index is 1.43. The number of aromatic nitrogens is 2. The third-order valence-corrected chi connectivity index (χ3v) is 5.01. The van der Waals surface area contributed by atoms with Gasteiger partial charge in [-0.2, -0.15) is 0 Å². The summed E-state index contributed by atoms with van der Waals surface area (Å²) >= 11 is 0. The second-order valence-electron chi connectivity index (χ2n) is 6.74. The van der Waals surface area contributed by atoms with Gasteiger partial charge in [0.25, 0.3) is 0 Å². The average Bonchev–Trinajstić information content (AvgIpc) is 3.39. The van der Waals surface area contributed by atoms with Crippen LogP contribution in [0.25, 0.3) is 11.4 Å². The largest absolute Gasteiger partial charge is 0.353 e. The molecule has 1 aromatic heterocycles. The summed E-state index contributed by atoms with van der Waals surface area (Å²) < 4.78 is 0. The van der Waals surface area contributed by atoms with Crippen LogP contribution in [0.15, 0.2) is 42.6 Å². The molecule has 2 aliphatic rings. The van der Waals surface area contributed by atoms with Gasteiger partial charge in [0.15, 0.2) is 5.82 Å². The Bertz CT molecular complexity index is 725. The summed E-state index contributed by atoms with van der Waals surface area (Å²) in [6, 6.07) is 12.0. The van der Waals surface area contributed by atoms with Crippen molar-refractivity contribution >= 4 is 11.7 Å². The molecular weight excluding hydrogens is 300 g/mol. The molecule has 2 atom stereocenters. The molecular formula is C19H22N4O. The minimum absolute atomic E-state index is 0.278. The van der Waals surface area contributed by atoms with E-state index in [0.29, 0.717) is 11.8 Å². The van der Waals surface area contributed by atoms with Crippen molar-refractivity contribution in [2.75, 3.05) is 31.1 Å². The fraction of sp³-hybridized carbons (Fsp3) is 0.421. The van der Waals surface area contributed by atoms with E-state index in [0.717, 1.165) is 49.8 Å². The van der Waals surface area contributed by atoms with Crippen molar-refractivity contribution < 1.29 is 4.79 Å². The zero-order valence-electron chi connectivity index (χ0n) is 13.9. The van der Waals surface area contributed by atoms with E-state index >= 15 is 0 Å². The highest BCUT2D eigenvalue weighted by atomic mass is 16.2. The summed E-state index contributed by atoms with van der Waals surface area (Å²) in [5.74, 6) is 2.88. The quantitative estimate of drug-likeness (QED) is 0.871. The highest BCUT2D eigenvalue weighted by molar-refractivity contribution is 5.81. The number of carbonyl (C=O) groups excluding carboxylic acids is 1. The smallest absolute Gasteiger partial charge is 0.226 e. The van der Waals surface area contributed by atoms with Crippen LogP contribution in [-0.4, -0.2) is 47.0 Å². The van der Waals surface area contributed by atoms with Crippen molar-refractivity contribution in [2.45, 2.75) is 13.3 Å². The van der Waals surface area contributed by atoms with E-state index in [4.69, 9.17) is 4.98 Å². The van der Waals surface area contributed by atoms with Gasteiger partial charge in [0.1, 0.15) is 5.82 Å². The van der Waals surface area contributed by atoms with Crippen molar-refractivity contribution in [1.82, 2.24) is 14.9 Å². The maximum atomic E-state index is 12.3. The van der Waals surface area contributed by atoms with Crippen molar-refractivity contribution in [2.24, 2.45) is 11.8 Å². The Morgan fingerprint density at radius 3 is 2.46 bits per heavy atom. The highest BCUT2D eigenvalue weighted by Gasteiger charge is 2.42. The Hall–Kier alpha value is -2.43. The van der Waals surface area contributed by atoms with Crippen LogP contribution in [0.5, 0.6) is 0 Å². The molecule has 2 aromatic rings. The molecule has 24 heavy (non-hydrogen) atoms. The molecule has 1 aliphatic carbocycles. The monoisotopic (exact) mass is 322 g/mol. The van der Waals surface area contributed by atoms with Gasteiger partial charge >= 0.3 is 0 Å². The van der Waals surface area contributed by atoms with E-state index < -0.39 is 0 Å². The number of hydrogen-bond acceptors (Lipinski definition) is 4. The number of rotatable bonds is 3. The summed E-state index contributed by atoms with van der Waals surface area (Å²) in [5, 5.41) is 0. The fourth-order valence-corrected chi connectivity index (χ4v) is 3.31. The molecule has 124 valence electrons. The maximum absolute atomic E-state index is 12.3. The third kappa shape index (κ3) is 2.98. The molecule has 5 nitrogen and oxygen atoms in total. The molecule has 1 aliphatic heterocycles. The Morgan fingerprint density at radius 1 is 1.08 bits per heavy atom. The number of anilines is 1. The molecule has 1 amide bonds. The van der Waals surface area contributed by atoms with Crippen molar-refractivity contribution in [3.8, 4) is 11.4 Å². The molecule has 2 heterocycles. The van der Waals surface area contributed by atoms with Crippen molar-refractivity contribution in [3.63, 3.8) is 0 Å². The van der Waals surface area contributed by atoms with Gasteiger partial charge in [-0.3, -0.25) is 4.79 Å². The van der Waals surface area contributed by atoms with Crippen LogP contribution >= 0.6 is 0 Å². The number of hydrogen-bond donors (Lipinski definition) is 0. The summed E-state index contributed by atoms with van der Waals surface area (Å²) in [5.41, 5.74) is 1.02. The van der Waals surface area contributed by atoms with Gasteiger partial charge in [-0.25, -0.2) is 9.97 Å². The van der Waals surface area contributed by atoms with Crippen molar-refractivity contribution in [3.05, 3.63) is 42.6 Å². The van der Waals surface area contributed by atoms with E-state index in [9.17, 15) is 4.79 Å².